The van der Waals surface area contributed by atoms with Gasteiger partial charge in [-0.05, 0) is 0 Å². The van der Waals surface area contributed by atoms with Crippen LogP contribution in [0, 0.1) is 0 Å². The Kier molecular flexibility index (Phi) is 14.1. The number of aliphatic hydroxyl groups is 6. The molecule has 4 heterocycles. The molecular weight excluding hydrogens is 616 g/mol. The molecule has 22 nitrogen and oxygen atoms in total. The second-order valence-electron chi connectivity index (χ2n) is 9.50. The van der Waals surface area contributed by atoms with Crippen molar-refractivity contribution in [2.45, 2.75) is 61.9 Å². The number of ether oxygens (including phenoxy) is 3. The maximum Gasteiger partial charge on any atom is 0.330 e. The summed E-state index contributed by atoms with van der Waals surface area (Å²) in [6.07, 6.45) is -9.15. The summed E-state index contributed by atoms with van der Waals surface area (Å²) in [7, 11) is 1.15. The maximum atomic E-state index is 11.8. The first-order valence-electron chi connectivity index (χ1n) is 12.5. The molecule has 2 aromatic rings. The van der Waals surface area contributed by atoms with Crippen LogP contribution in [0.3, 0.4) is 0 Å². The van der Waals surface area contributed by atoms with Crippen LogP contribution >= 0.6 is 0 Å². The number of hydrogen-bond acceptors (Lipinski definition) is 16. The molecule has 15 N–H and O–H groups in total. The van der Waals surface area contributed by atoms with E-state index in [1.807, 2.05) is 9.97 Å². The van der Waals surface area contributed by atoms with E-state index in [0.717, 1.165) is 28.6 Å². The Bertz CT molecular complexity index is 1550. The average molecular weight is 653 g/mol. The highest BCUT2D eigenvalue weighted by atomic mass is 16.6. The number of aliphatic hydroxyl groups excluding tert-OH is 6. The van der Waals surface area contributed by atoms with Crippen molar-refractivity contribution in [1.82, 2.24) is 25.3 Å². The van der Waals surface area contributed by atoms with Gasteiger partial charge in [0.05, 0.1) is 33.2 Å². The summed E-state index contributed by atoms with van der Waals surface area (Å²) in [6, 6.07) is 0. The number of esters is 1. The number of primary amides is 1. The van der Waals surface area contributed by atoms with Crippen LogP contribution in [-0.2, 0) is 36.6 Å². The second-order valence-corrected chi connectivity index (χ2v) is 9.50. The van der Waals surface area contributed by atoms with Crippen LogP contribution in [0.5, 0.6) is 0 Å². The third-order valence-corrected chi connectivity index (χ3v) is 6.59. The predicted octanol–water partition coefficient (Wildman–Crippen LogP) is -7.62. The monoisotopic (exact) mass is 652 g/mol. The lowest BCUT2D eigenvalue weighted by atomic mass is 10.1. The zero-order valence-electron chi connectivity index (χ0n) is 23.6. The molecule has 2 saturated heterocycles. The van der Waals surface area contributed by atoms with Gasteiger partial charge >= 0.3 is 17.3 Å². The van der Waals surface area contributed by atoms with E-state index in [9.17, 15) is 49.2 Å². The molecule has 0 radical (unpaired) electrons. The van der Waals surface area contributed by atoms with Crippen LogP contribution < -0.4 is 34.4 Å². The van der Waals surface area contributed by atoms with Crippen molar-refractivity contribution in [2.24, 2.45) is 5.73 Å². The van der Waals surface area contributed by atoms with Gasteiger partial charge in [0.25, 0.3) is 11.1 Å². The number of amides is 1. The van der Waals surface area contributed by atoms with Crippen LogP contribution in [0.2, 0.25) is 0 Å². The van der Waals surface area contributed by atoms with Crippen molar-refractivity contribution >= 4 is 11.9 Å². The molecule has 22 heteroatoms. The molecule has 2 aliphatic heterocycles. The standard InChI is InChI=1S/C12H16N2O8.C11H15N3O7.H3N.H2O/c1-21-7(16)2-5-3-14(12(20)13-10(5)19)11-9(18)8(17)6(4-15)22-11;12-6(16)1-4-2-14(11(20)13-9(4)19)10-8(18)7(17)5(3-15)21-10;;/h3,6,8-9,11,15,17-18H,2,4H2,1H3,(H,13,19,20);2,5,7-8,10,15,17-18H,1,3H2,(H2,12,16)(H,13,19,20);1H3;1H2/t6-,8?,9+,11-;5-,7?,8+,10-;;/m11../s1. The molecule has 8 atom stereocenters. The number of hydrogen-bond donors (Lipinski definition) is 10. The van der Waals surface area contributed by atoms with Gasteiger partial charge in [0.2, 0.25) is 5.91 Å². The van der Waals surface area contributed by atoms with Crippen LogP contribution in [0.15, 0.2) is 31.6 Å². The lowest BCUT2D eigenvalue weighted by Crippen LogP contribution is -2.39. The first kappa shape index (κ1) is 38.9. The summed E-state index contributed by atoms with van der Waals surface area (Å²) < 4.78 is 16.5. The lowest BCUT2D eigenvalue weighted by Gasteiger charge is -2.17. The van der Waals surface area contributed by atoms with Crippen molar-refractivity contribution in [1.29, 1.82) is 0 Å². The Morgan fingerprint density at radius 3 is 1.49 bits per heavy atom. The zero-order valence-corrected chi connectivity index (χ0v) is 23.6. The van der Waals surface area contributed by atoms with E-state index < -0.39 is 103 Å². The maximum absolute atomic E-state index is 11.8. The highest BCUT2D eigenvalue weighted by molar-refractivity contribution is 5.76. The predicted molar refractivity (Wildman–Crippen MR) is 146 cm³/mol. The molecule has 45 heavy (non-hydrogen) atoms. The SMILES string of the molecule is COC(=O)Cc1cn([C@@H]2O[C@H](CO)C(O)[C@@H]2O)c(=O)[nH]c1=O.N.NC(=O)Cc1cn([C@@H]2O[C@H](CO)C(O)[C@@H]2O)c(=O)[nH]c1=O.O. The van der Waals surface area contributed by atoms with E-state index in [1.165, 1.54) is 0 Å². The van der Waals surface area contributed by atoms with Gasteiger partial charge in [-0.1, -0.05) is 0 Å². The van der Waals surface area contributed by atoms with E-state index in [1.54, 1.807) is 0 Å². The Hall–Kier alpha value is -4.10. The number of H-pyrrole nitrogens is 2. The average Bonchev–Trinajstić information content (AvgIpc) is 3.41. The minimum absolute atomic E-state index is 0. The van der Waals surface area contributed by atoms with E-state index in [-0.39, 0.29) is 29.2 Å². The molecule has 2 unspecified atom stereocenters. The largest absolute Gasteiger partial charge is 0.469 e. The number of aromatic nitrogens is 4. The van der Waals surface area contributed by atoms with Gasteiger partial charge in [-0.2, -0.15) is 0 Å². The molecule has 0 bridgehead atoms. The number of nitrogens with one attached hydrogen (secondary N) is 2. The minimum Gasteiger partial charge on any atom is -0.469 e. The first-order chi connectivity index (χ1) is 20.2. The number of carbonyl (C=O) groups excluding carboxylic acids is 2. The van der Waals surface area contributed by atoms with E-state index in [2.05, 4.69) is 4.74 Å². The molecule has 2 aliphatic rings. The summed E-state index contributed by atoms with van der Waals surface area (Å²) in [5.41, 5.74) is 1.54. The Balaban J connectivity index is 0.000000431. The number of methoxy groups -OCH3 is 1. The molecule has 0 aromatic carbocycles. The van der Waals surface area contributed by atoms with Crippen molar-refractivity contribution in [2.75, 3.05) is 20.3 Å². The summed E-state index contributed by atoms with van der Waals surface area (Å²) in [5, 5.41) is 57.1. The molecule has 0 saturated carbocycles. The molecule has 254 valence electrons. The van der Waals surface area contributed by atoms with Gasteiger partial charge in [-0.25, -0.2) is 9.59 Å². The third-order valence-electron chi connectivity index (χ3n) is 6.59. The first-order valence-corrected chi connectivity index (χ1v) is 12.5. The normalized spacial score (nSPS) is 27.0. The van der Waals surface area contributed by atoms with Crippen LogP contribution in [0.25, 0.3) is 0 Å². The summed E-state index contributed by atoms with van der Waals surface area (Å²) in [6.45, 7) is -1.11. The number of carbonyl (C=O) groups is 2. The summed E-state index contributed by atoms with van der Waals surface area (Å²) >= 11 is 0. The van der Waals surface area contributed by atoms with Gasteiger partial charge < -0.3 is 62.2 Å². The van der Waals surface area contributed by atoms with E-state index in [0.29, 0.717) is 0 Å². The fourth-order valence-corrected chi connectivity index (χ4v) is 4.32. The molecule has 2 aromatic heterocycles. The number of rotatable bonds is 8. The molecular formula is C23H36N6O16. The van der Waals surface area contributed by atoms with Gasteiger partial charge in [-0.15, -0.1) is 0 Å². The lowest BCUT2D eigenvalue weighted by molar-refractivity contribution is -0.139. The van der Waals surface area contributed by atoms with Crippen LogP contribution in [-0.4, -0.2) is 124 Å². The summed E-state index contributed by atoms with van der Waals surface area (Å²) in [4.78, 5) is 72.9. The third kappa shape index (κ3) is 8.54. The quantitative estimate of drug-likeness (QED) is 0.118. The highest BCUT2D eigenvalue weighted by Gasteiger charge is 2.45. The molecule has 1 amide bonds. The van der Waals surface area contributed by atoms with Crippen molar-refractivity contribution in [3.05, 3.63) is 65.2 Å². The Morgan fingerprint density at radius 2 is 1.18 bits per heavy atom. The molecule has 0 spiro atoms. The van der Waals surface area contributed by atoms with Gasteiger partial charge in [-0.3, -0.25) is 38.3 Å². The Morgan fingerprint density at radius 1 is 0.800 bits per heavy atom. The second kappa shape index (κ2) is 16.3. The van der Waals surface area contributed by atoms with Crippen molar-refractivity contribution < 1.29 is 59.9 Å². The van der Waals surface area contributed by atoms with Crippen molar-refractivity contribution in [3.8, 4) is 0 Å². The highest BCUT2D eigenvalue weighted by Crippen LogP contribution is 2.29. The zero-order chi connectivity index (χ0) is 32.2. The topological polar surface area (TPSA) is 385 Å². The number of nitrogens with zero attached hydrogens (tertiary/aromatic N) is 2. The van der Waals surface area contributed by atoms with Crippen LogP contribution in [0.4, 0.5) is 0 Å². The minimum atomic E-state index is -1.48. The molecule has 4 rings (SSSR count). The Labute approximate surface area is 250 Å². The fraction of sp³-hybridized carbons (Fsp3) is 0.565. The van der Waals surface area contributed by atoms with Gasteiger partial charge in [0, 0.05) is 23.5 Å². The smallest absolute Gasteiger partial charge is 0.330 e. The summed E-state index contributed by atoms with van der Waals surface area (Å²) in [5.74, 6) is -1.45. The number of nitrogens with two attached hydrogens (primary N) is 1. The fourth-order valence-electron chi connectivity index (χ4n) is 4.32. The van der Waals surface area contributed by atoms with Gasteiger partial charge in [0.15, 0.2) is 12.5 Å². The van der Waals surface area contributed by atoms with E-state index >= 15 is 0 Å². The van der Waals surface area contributed by atoms with Gasteiger partial charge in [0.1, 0.15) is 36.6 Å². The van der Waals surface area contributed by atoms with Crippen LogP contribution in [0.1, 0.15) is 23.6 Å². The molecule has 0 aliphatic carbocycles. The van der Waals surface area contributed by atoms with E-state index in [4.69, 9.17) is 25.4 Å². The molecule has 2 fully saturated rings. The number of aromatic amines is 2. The van der Waals surface area contributed by atoms with Crippen molar-refractivity contribution in [3.63, 3.8) is 0 Å².